The van der Waals surface area contributed by atoms with Crippen molar-refractivity contribution in [1.29, 1.82) is 0 Å². The molecule has 0 fully saturated rings. The van der Waals surface area contributed by atoms with Crippen molar-refractivity contribution in [1.82, 2.24) is 0 Å². The number of carbonyl (C=O) groups is 2. The molecule has 0 aromatic rings. The molecule has 80 valence electrons. The molecule has 0 spiro atoms. The number of hydrogen-bond acceptors (Lipinski definition) is 3. The van der Waals surface area contributed by atoms with E-state index in [0.717, 1.165) is 0 Å². The van der Waals surface area contributed by atoms with Crippen molar-refractivity contribution in [2.45, 2.75) is 33.8 Å². The highest BCUT2D eigenvalue weighted by Gasteiger charge is 2.26. The third-order valence-electron chi connectivity index (χ3n) is 2.12. The summed E-state index contributed by atoms with van der Waals surface area (Å²) < 4.78 is 4.81. The largest absolute Gasteiger partial charge is 0.457 e. The molecule has 0 aliphatic heterocycles. The van der Waals surface area contributed by atoms with E-state index < -0.39 is 11.8 Å². The van der Waals surface area contributed by atoms with Crippen LogP contribution < -0.4 is 0 Å². The number of Topliss-reactive ketones (excluding diaryl/α,β-unsaturated/α-hetero) is 1. The molecule has 14 heavy (non-hydrogen) atoms. The first-order chi connectivity index (χ1) is 6.40. The summed E-state index contributed by atoms with van der Waals surface area (Å²) >= 11 is 0. The van der Waals surface area contributed by atoms with Crippen molar-refractivity contribution < 1.29 is 14.3 Å². The highest BCUT2D eigenvalue weighted by atomic mass is 16.5. The molecule has 0 heterocycles. The van der Waals surface area contributed by atoms with Gasteiger partial charge in [0.1, 0.15) is 0 Å². The lowest BCUT2D eigenvalue weighted by Crippen LogP contribution is -2.29. The average Bonchev–Trinajstić information content (AvgIpc) is 2.13. The van der Waals surface area contributed by atoms with Gasteiger partial charge in [0.25, 0.3) is 0 Å². The van der Waals surface area contributed by atoms with Crippen LogP contribution in [0.5, 0.6) is 0 Å². The van der Waals surface area contributed by atoms with E-state index in [1.54, 1.807) is 26.8 Å². The fourth-order valence-corrected chi connectivity index (χ4v) is 0.901. The summed E-state index contributed by atoms with van der Waals surface area (Å²) in [6.07, 6.45) is 1.41. The van der Waals surface area contributed by atoms with Crippen molar-refractivity contribution in [2.75, 3.05) is 0 Å². The van der Waals surface area contributed by atoms with Crippen LogP contribution in [-0.2, 0) is 14.3 Å². The first kappa shape index (κ1) is 12.9. The molecular formula is C11H18O3. The van der Waals surface area contributed by atoms with E-state index in [9.17, 15) is 9.59 Å². The summed E-state index contributed by atoms with van der Waals surface area (Å²) in [5.41, 5.74) is 0. The smallest absolute Gasteiger partial charge is 0.375 e. The lowest BCUT2D eigenvalue weighted by atomic mass is 9.92. The summed E-state index contributed by atoms with van der Waals surface area (Å²) in [6.45, 7) is 10.6. The minimum atomic E-state index is -0.749. The van der Waals surface area contributed by atoms with Crippen molar-refractivity contribution in [3.8, 4) is 0 Å². The van der Waals surface area contributed by atoms with E-state index in [-0.39, 0.29) is 17.9 Å². The van der Waals surface area contributed by atoms with Crippen LogP contribution in [0.3, 0.4) is 0 Å². The Kier molecular flexibility index (Phi) is 5.13. The van der Waals surface area contributed by atoms with Gasteiger partial charge in [-0.05, 0) is 19.8 Å². The first-order valence-corrected chi connectivity index (χ1v) is 4.77. The van der Waals surface area contributed by atoms with Gasteiger partial charge in [0, 0.05) is 5.92 Å². The quantitative estimate of drug-likeness (QED) is 0.385. The van der Waals surface area contributed by atoms with E-state index >= 15 is 0 Å². The van der Waals surface area contributed by atoms with Crippen LogP contribution in [0.25, 0.3) is 0 Å². The fraction of sp³-hybridized carbons (Fsp3) is 0.636. The van der Waals surface area contributed by atoms with Gasteiger partial charge in [-0.1, -0.05) is 19.9 Å². The zero-order valence-electron chi connectivity index (χ0n) is 9.24. The van der Waals surface area contributed by atoms with Gasteiger partial charge in [-0.2, -0.15) is 0 Å². The number of ketones is 1. The van der Waals surface area contributed by atoms with Gasteiger partial charge in [0.2, 0.25) is 5.78 Å². The Morgan fingerprint density at radius 1 is 1.21 bits per heavy atom. The van der Waals surface area contributed by atoms with Crippen molar-refractivity contribution in [3.63, 3.8) is 0 Å². The van der Waals surface area contributed by atoms with Gasteiger partial charge >= 0.3 is 5.97 Å². The van der Waals surface area contributed by atoms with Gasteiger partial charge < -0.3 is 4.74 Å². The molecule has 0 radical (unpaired) electrons. The van der Waals surface area contributed by atoms with Gasteiger partial charge in [-0.15, -0.1) is 6.58 Å². The monoisotopic (exact) mass is 198 g/mol. The third-order valence-corrected chi connectivity index (χ3v) is 2.12. The Balaban J connectivity index is 4.31. The molecule has 0 N–H and O–H groups in total. The summed E-state index contributed by atoms with van der Waals surface area (Å²) in [4.78, 5) is 22.7. The molecule has 0 bridgehead atoms. The average molecular weight is 198 g/mol. The predicted molar refractivity (Wildman–Crippen MR) is 54.8 cm³/mol. The molecule has 0 aliphatic carbocycles. The molecule has 3 nitrogen and oxygen atoms in total. The fourth-order valence-electron chi connectivity index (χ4n) is 0.901. The lowest BCUT2D eigenvalue weighted by Gasteiger charge is -2.14. The molecular weight excluding hydrogens is 180 g/mol. The lowest BCUT2D eigenvalue weighted by molar-refractivity contribution is -0.158. The highest BCUT2D eigenvalue weighted by Crippen LogP contribution is 2.13. The number of allylic oxidation sites excluding steroid dienone is 1. The number of rotatable bonds is 5. The van der Waals surface area contributed by atoms with Crippen LogP contribution in [0.1, 0.15) is 27.7 Å². The van der Waals surface area contributed by atoms with Crippen LogP contribution in [0.4, 0.5) is 0 Å². The zero-order chi connectivity index (χ0) is 11.3. The van der Waals surface area contributed by atoms with E-state index in [1.165, 1.54) is 0 Å². The topological polar surface area (TPSA) is 43.4 Å². The van der Waals surface area contributed by atoms with Crippen LogP contribution >= 0.6 is 0 Å². The number of hydrogen-bond donors (Lipinski definition) is 0. The van der Waals surface area contributed by atoms with Gasteiger partial charge in [-0.25, -0.2) is 4.79 Å². The molecule has 0 amide bonds. The zero-order valence-corrected chi connectivity index (χ0v) is 9.24. The second-order valence-corrected chi connectivity index (χ2v) is 3.70. The van der Waals surface area contributed by atoms with E-state index in [0.29, 0.717) is 0 Å². The van der Waals surface area contributed by atoms with Crippen LogP contribution in [0, 0.1) is 11.8 Å². The Bertz CT molecular complexity index is 231. The number of ether oxygens (including phenoxy) is 1. The molecule has 0 aromatic carbocycles. The minimum Gasteiger partial charge on any atom is -0.457 e. The van der Waals surface area contributed by atoms with Crippen molar-refractivity contribution in [2.24, 2.45) is 11.8 Å². The van der Waals surface area contributed by atoms with Gasteiger partial charge in [0.15, 0.2) is 0 Å². The molecule has 0 aliphatic rings. The standard InChI is InChI=1S/C11H18O3/c1-6-8(4)9(5)10(12)11(13)14-7(2)3/h6-9H,1H2,2-5H3/t8-,9-/m0/s1. The minimum absolute atomic E-state index is 0.0118. The van der Waals surface area contributed by atoms with Crippen molar-refractivity contribution in [3.05, 3.63) is 12.7 Å². The molecule has 0 saturated carbocycles. The number of esters is 1. The Morgan fingerprint density at radius 3 is 2.07 bits per heavy atom. The maximum Gasteiger partial charge on any atom is 0.375 e. The Hall–Kier alpha value is -1.12. The summed E-state index contributed by atoms with van der Waals surface area (Å²) in [6, 6.07) is 0. The van der Waals surface area contributed by atoms with Crippen LogP contribution in [0.2, 0.25) is 0 Å². The molecule has 0 rings (SSSR count). The molecule has 2 atom stereocenters. The highest BCUT2D eigenvalue weighted by molar-refractivity contribution is 6.34. The molecule has 0 aromatic heterocycles. The summed E-state index contributed by atoms with van der Waals surface area (Å²) in [7, 11) is 0. The van der Waals surface area contributed by atoms with E-state index in [1.807, 2.05) is 6.92 Å². The first-order valence-electron chi connectivity index (χ1n) is 4.77. The summed E-state index contributed by atoms with van der Waals surface area (Å²) in [5, 5.41) is 0. The summed E-state index contributed by atoms with van der Waals surface area (Å²) in [5.74, 6) is -1.60. The third kappa shape index (κ3) is 3.73. The second kappa shape index (κ2) is 5.58. The molecule has 3 heteroatoms. The van der Waals surface area contributed by atoms with Gasteiger partial charge in [-0.3, -0.25) is 4.79 Å². The SMILES string of the molecule is C=C[C@H](C)[C@H](C)C(=O)C(=O)OC(C)C. The van der Waals surface area contributed by atoms with Crippen LogP contribution in [-0.4, -0.2) is 17.9 Å². The van der Waals surface area contributed by atoms with Gasteiger partial charge in [0.05, 0.1) is 6.10 Å². The van der Waals surface area contributed by atoms with Crippen molar-refractivity contribution >= 4 is 11.8 Å². The Labute approximate surface area is 85.1 Å². The second-order valence-electron chi connectivity index (χ2n) is 3.70. The number of carbonyl (C=O) groups excluding carboxylic acids is 2. The predicted octanol–water partition coefficient (Wildman–Crippen LogP) is 1.97. The van der Waals surface area contributed by atoms with Crippen LogP contribution in [0.15, 0.2) is 12.7 Å². The maximum absolute atomic E-state index is 11.5. The van der Waals surface area contributed by atoms with E-state index in [2.05, 4.69) is 6.58 Å². The van der Waals surface area contributed by atoms with E-state index in [4.69, 9.17) is 4.74 Å². The maximum atomic E-state index is 11.5. The molecule has 0 unspecified atom stereocenters. The Morgan fingerprint density at radius 2 is 1.71 bits per heavy atom. The molecule has 0 saturated heterocycles. The normalized spacial score (nSPS) is 14.6.